The fraction of sp³-hybridized carbons (Fsp3) is 0.800. The molecule has 0 amide bonds. The van der Waals surface area contributed by atoms with Gasteiger partial charge in [-0.05, 0) is 25.7 Å². The zero-order valence-corrected chi connectivity index (χ0v) is 12.5. The number of nitrogens with one attached hydrogen (secondary N) is 1. The van der Waals surface area contributed by atoms with Crippen LogP contribution in [0, 0.1) is 5.92 Å². The Labute approximate surface area is 124 Å². The molecule has 2 saturated carbocycles. The van der Waals surface area contributed by atoms with Crippen LogP contribution in [-0.2, 0) is 16.1 Å². The molecule has 116 valence electrons. The van der Waals surface area contributed by atoms with Crippen LogP contribution in [0.25, 0.3) is 0 Å². The standard InChI is InChI=1S/C15H23N3O3/c1-20-15(19)11-5-3-2-4-6-12(11)16-9-13-17-14(21-18-13)10-7-8-10/h10-12,16H,2-9H2,1H3/t11-,12-/m1/s1. The Balaban J connectivity index is 1.58. The quantitative estimate of drug-likeness (QED) is 0.662. The number of esters is 1. The molecule has 1 N–H and O–H groups in total. The second-order valence-corrected chi connectivity index (χ2v) is 6.08. The van der Waals surface area contributed by atoms with Crippen molar-refractivity contribution in [1.82, 2.24) is 15.5 Å². The molecule has 0 aliphatic heterocycles. The zero-order valence-electron chi connectivity index (χ0n) is 12.5. The molecule has 0 saturated heterocycles. The number of hydrogen-bond donors (Lipinski definition) is 1. The van der Waals surface area contributed by atoms with Crippen LogP contribution in [0.3, 0.4) is 0 Å². The van der Waals surface area contributed by atoms with Crippen LogP contribution < -0.4 is 5.32 Å². The first-order valence-electron chi connectivity index (χ1n) is 7.91. The third-order valence-corrected chi connectivity index (χ3v) is 4.45. The summed E-state index contributed by atoms with van der Waals surface area (Å²) in [5.74, 6) is 1.75. The lowest BCUT2D eigenvalue weighted by Crippen LogP contribution is -2.39. The second-order valence-electron chi connectivity index (χ2n) is 6.08. The van der Waals surface area contributed by atoms with Crippen molar-refractivity contribution in [3.05, 3.63) is 11.7 Å². The van der Waals surface area contributed by atoms with Gasteiger partial charge in [0.25, 0.3) is 0 Å². The number of carbonyl (C=O) groups excluding carboxylic acids is 1. The van der Waals surface area contributed by atoms with Crippen molar-refractivity contribution in [2.75, 3.05) is 7.11 Å². The topological polar surface area (TPSA) is 77.2 Å². The normalized spacial score (nSPS) is 26.3. The van der Waals surface area contributed by atoms with E-state index in [0.29, 0.717) is 18.3 Å². The molecule has 6 nitrogen and oxygen atoms in total. The van der Waals surface area contributed by atoms with Gasteiger partial charge in [0.2, 0.25) is 5.89 Å². The van der Waals surface area contributed by atoms with E-state index in [2.05, 4.69) is 15.5 Å². The molecule has 2 atom stereocenters. The Bertz CT molecular complexity index is 484. The first-order chi connectivity index (χ1) is 10.3. The number of methoxy groups -OCH3 is 1. The minimum absolute atomic E-state index is 0.0627. The minimum atomic E-state index is -0.110. The molecule has 21 heavy (non-hydrogen) atoms. The molecule has 0 spiro atoms. The smallest absolute Gasteiger partial charge is 0.310 e. The summed E-state index contributed by atoms with van der Waals surface area (Å²) in [4.78, 5) is 16.3. The summed E-state index contributed by atoms with van der Waals surface area (Å²) < 4.78 is 10.2. The van der Waals surface area contributed by atoms with Gasteiger partial charge >= 0.3 is 5.97 Å². The molecule has 2 aliphatic carbocycles. The Morgan fingerprint density at radius 3 is 2.86 bits per heavy atom. The molecular formula is C15H23N3O3. The maximum absolute atomic E-state index is 11.9. The van der Waals surface area contributed by atoms with Gasteiger partial charge in [-0.15, -0.1) is 0 Å². The van der Waals surface area contributed by atoms with Gasteiger partial charge < -0.3 is 14.6 Å². The summed E-state index contributed by atoms with van der Waals surface area (Å²) in [5, 5.41) is 7.44. The van der Waals surface area contributed by atoms with Crippen molar-refractivity contribution in [2.45, 2.75) is 63.5 Å². The molecule has 1 aromatic rings. The van der Waals surface area contributed by atoms with Gasteiger partial charge in [-0.3, -0.25) is 4.79 Å². The molecule has 3 rings (SSSR count). The van der Waals surface area contributed by atoms with Crippen LogP contribution in [-0.4, -0.2) is 29.3 Å². The lowest BCUT2D eigenvalue weighted by Gasteiger charge is -2.23. The molecule has 1 aromatic heterocycles. The second kappa shape index (κ2) is 6.56. The highest BCUT2D eigenvalue weighted by Gasteiger charge is 2.31. The van der Waals surface area contributed by atoms with Crippen LogP contribution in [0.2, 0.25) is 0 Å². The molecular weight excluding hydrogens is 270 g/mol. The molecule has 1 heterocycles. The highest BCUT2D eigenvalue weighted by molar-refractivity contribution is 5.73. The average molecular weight is 293 g/mol. The number of hydrogen-bond acceptors (Lipinski definition) is 6. The maximum Gasteiger partial charge on any atom is 0.310 e. The molecule has 2 fully saturated rings. The van der Waals surface area contributed by atoms with Crippen molar-refractivity contribution < 1.29 is 14.1 Å². The van der Waals surface area contributed by atoms with E-state index in [9.17, 15) is 4.79 Å². The van der Waals surface area contributed by atoms with E-state index in [-0.39, 0.29) is 17.9 Å². The first kappa shape index (κ1) is 14.5. The third kappa shape index (κ3) is 3.61. The first-order valence-corrected chi connectivity index (χ1v) is 7.91. The van der Waals surface area contributed by atoms with E-state index < -0.39 is 0 Å². The van der Waals surface area contributed by atoms with Crippen LogP contribution >= 0.6 is 0 Å². The van der Waals surface area contributed by atoms with Gasteiger partial charge in [-0.2, -0.15) is 4.98 Å². The summed E-state index contributed by atoms with van der Waals surface area (Å²) in [6.07, 6.45) is 7.61. The molecule has 0 unspecified atom stereocenters. The lowest BCUT2D eigenvalue weighted by atomic mass is 9.95. The van der Waals surface area contributed by atoms with Crippen LogP contribution in [0.1, 0.15) is 62.6 Å². The van der Waals surface area contributed by atoms with Crippen molar-refractivity contribution in [2.24, 2.45) is 5.92 Å². The Kier molecular flexibility index (Phi) is 4.53. The average Bonchev–Trinajstić information content (AvgIpc) is 3.29. The van der Waals surface area contributed by atoms with E-state index in [1.807, 2.05) is 0 Å². The van der Waals surface area contributed by atoms with Gasteiger partial charge in [-0.1, -0.05) is 24.4 Å². The molecule has 0 bridgehead atoms. The van der Waals surface area contributed by atoms with Crippen molar-refractivity contribution >= 4 is 5.97 Å². The van der Waals surface area contributed by atoms with Crippen LogP contribution in [0.15, 0.2) is 4.52 Å². The number of ether oxygens (including phenoxy) is 1. The summed E-state index contributed by atoms with van der Waals surface area (Å²) in [6, 6.07) is 0.142. The minimum Gasteiger partial charge on any atom is -0.469 e. The van der Waals surface area contributed by atoms with E-state index >= 15 is 0 Å². The lowest BCUT2D eigenvalue weighted by molar-refractivity contribution is -0.146. The number of aromatic nitrogens is 2. The van der Waals surface area contributed by atoms with Gasteiger partial charge in [0.1, 0.15) is 0 Å². The Hall–Kier alpha value is -1.43. The molecule has 6 heteroatoms. The summed E-state index contributed by atoms with van der Waals surface area (Å²) in [6.45, 7) is 0.550. The van der Waals surface area contributed by atoms with Crippen molar-refractivity contribution in [3.63, 3.8) is 0 Å². The van der Waals surface area contributed by atoms with Gasteiger partial charge in [0.15, 0.2) is 5.82 Å². The largest absolute Gasteiger partial charge is 0.469 e. The maximum atomic E-state index is 11.9. The highest BCUT2D eigenvalue weighted by atomic mass is 16.5. The summed E-state index contributed by atoms with van der Waals surface area (Å²) in [5.41, 5.74) is 0. The Morgan fingerprint density at radius 1 is 1.29 bits per heavy atom. The van der Waals surface area contributed by atoms with Gasteiger partial charge in [-0.25, -0.2) is 0 Å². The fourth-order valence-corrected chi connectivity index (χ4v) is 3.04. The number of rotatable bonds is 5. The summed E-state index contributed by atoms with van der Waals surface area (Å²) in [7, 11) is 1.46. The third-order valence-electron chi connectivity index (χ3n) is 4.45. The predicted molar refractivity (Wildman–Crippen MR) is 75.5 cm³/mol. The molecule has 0 aromatic carbocycles. The fourth-order valence-electron chi connectivity index (χ4n) is 3.04. The van der Waals surface area contributed by atoms with E-state index in [4.69, 9.17) is 9.26 Å². The Morgan fingerprint density at radius 2 is 2.10 bits per heavy atom. The van der Waals surface area contributed by atoms with Gasteiger partial charge in [0.05, 0.1) is 19.6 Å². The van der Waals surface area contributed by atoms with E-state index in [1.165, 1.54) is 13.5 Å². The zero-order chi connectivity index (χ0) is 14.7. The van der Waals surface area contributed by atoms with Crippen molar-refractivity contribution in [1.29, 1.82) is 0 Å². The monoisotopic (exact) mass is 293 g/mol. The summed E-state index contributed by atoms with van der Waals surface area (Å²) >= 11 is 0. The van der Waals surface area contributed by atoms with Crippen LogP contribution in [0.5, 0.6) is 0 Å². The van der Waals surface area contributed by atoms with Crippen molar-refractivity contribution in [3.8, 4) is 0 Å². The SMILES string of the molecule is COC(=O)[C@@H]1CCCCC[C@H]1NCc1noc(C2CC2)n1. The van der Waals surface area contributed by atoms with E-state index in [0.717, 1.165) is 44.4 Å². The number of carbonyl (C=O) groups is 1. The molecule has 2 aliphatic rings. The molecule has 0 radical (unpaired) electrons. The van der Waals surface area contributed by atoms with Gasteiger partial charge in [0, 0.05) is 12.0 Å². The van der Waals surface area contributed by atoms with Crippen LogP contribution in [0.4, 0.5) is 0 Å². The van der Waals surface area contributed by atoms with E-state index in [1.54, 1.807) is 0 Å². The number of nitrogens with zero attached hydrogens (tertiary/aromatic N) is 2. The highest BCUT2D eigenvalue weighted by Crippen LogP contribution is 2.38. The predicted octanol–water partition coefficient (Wildman–Crippen LogP) is 2.16.